The average Bonchev–Trinajstić information content (AvgIpc) is 2.79. The molecule has 5 rings (SSSR count). The number of carbonyl (C=O) groups is 1. The van der Waals surface area contributed by atoms with Crippen molar-refractivity contribution in [2.45, 2.75) is 25.8 Å². The molecule has 1 amide bonds. The van der Waals surface area contributed by atoms with Crippen LogP contribution in [0.5, 0.6) is 0 Å². The van der Waals surface area contributed by atoms with Crippen molar-refractivity contribution < 1.29 is 4.79 Å². The van der Waals surface area contributed by atoms with Gasteiger partial charge in [0.1, 0.15) is 5.52 Å². The fourth-order valence-electron chi connectivity index (χ4n) is 4.21. The quantitative estimate of drug-likeness (QED) is 0.442. The second-order valence-electron chi connectivity index (χ2n) is 7.78. The first-order chi connectivity index (χ1) is 15.4. The highest BCUT2D eigenvalue weighted by atomic mass is 16.2. The molecule has 11 heteroatoms. The van der Waals surface area contributed by atoms with Gasteiger partial charge in [-0.1, -0.05) is 0 Å². The average molecular weight is 432 g/mol. The smallest absolute Gasteiger partial charge is 0.329 e. The SMILES string of the molecule is CC(=O)N1CCC(n2c(=O)[nH]c(=O)c3cnc4ccc(-c5cnc(N)nc5)nc4c32)CC1. The number of nitrogens with zero attached hydrogens (tertiary/aromatic N) is 6. The van der Waals surface area contributed by atoms with E-state index in [0.717, 1.165) is 0 Å². The van der Waals surface area contributed by atoms with Crippen molar-refractivity contribution in [2.24, 2.45) is 0 Å². The van der Waals surface area contributed by atoms with Crippen LogP contribution in [0.4, 0.5) is 5.95 Å². The van der Waals surface area contributed by atoms with Crippen LogP contribution in [0.2, 0.25) is 0 Å². The van der Waals surface area contributed by atoms with Crippen molar-refractivity contribution in [3.63, 3.8) is 0 Å². The van der Waals surface area contributed by atoms with Gasteiger partial charge in [-0.3, -0.25) is 24.1 Å². The van der Waals surface area contributed by atoms with Gasteiger partial charge < -0.3 is 10.6 Å². The Morgan fingerprint density at radius 1 is 1.09 bits per heavy atom. The molecule has 0 bridgehead atoms. The van der Waals surface area contributed by atoms with Crippen LogP contribution in [0.1, 0.15) is 25.8 Å². The molecule has 0 unspecified atom stereocenters. The molecule has 1 fully saturated rings. The number of H-pyrrole nitrogens is 1. The maximum Gasteiger partial charge on any atom is 0.329 e. The Morgan fingerprint density at radius 3 is 2.50 bits per heavy atom. The fourth-order valence-corrected chi connectivity index (χ4v) is 4.21. The lowest BCUT2D eigenvalue weighted by Gasteiger charge is -2.32. The Balaban J connectivity index is 1.74. The predicted octanol–water partition coefficient (Wildman–Crippen LogP) is 0.856. The molecule has 1 aliphatic rings. The molecule has 0 aliphatic carbocycles. The van der Waals surface area contributed by atoms with Crippen molar-refractivity contribution in [3.8, 4) is 11.3 Å². The number of fused-ring (bicyclic) bond motifs is 3. The van der Waals surface area contributed by atoms with Gasteiger partial charge in [0.2, 0.25) is 11.9 Å². The van der Waals surface area contributed by atoms with Crippen LogP contribution in [0.3, 0.4) is 0 Å². The summed E-state index contributed by atoms with van der Waals surface area (Å²) in [5, 5.41) is 0.282. The van der Waals surface area contributed by atoms with Gasteiger partial charge in [-0.05, 0) is 25.0 Å². The number of nitrogen functional groups attached to an aromatic ring is 1. The van der Waals surface area contributed by atoms with Crippen LogP contribution in [-0.2, 0) is 4.79 Å². The number of aromatic nitrogens is 6. The van der Waals surface area contributed by atoms with Gasteiger partial charge in [0.15, 0.2) is 0 Å². The lowest BCUT2D eigenvalue weighted by atomic mass is 10.0. The highest BCUT2D eigenvalue weighted by molar-refractivity contribution is 6.01. The minimum absolute atomic E-state index is 0.00815. The summed E-state index contributed by atoms with van der Waals surface area (Å²) in [5.41, 5.74) is 7.20. The zero-order valence-corrected chi connectivity index (χ0v) is 17.3. The first-order valence-corrected chi connectivity index (χ1v) is 10.2. The Labute approximate surface area is 181 Å². The van der Waals surface area contributed by atoms with E-state index in [9.17, 15) is 14.4 Å². The Hall–Kier alpha value is -4.15. The van der Waals surface area contributed by atoms with Gasteiger partial charge in [-0.15, -0.1) is 0 Å². The van der Waals surface area contributed by atoms with E-state index < -0.39 is 11.2 Å². The van der Waals surface area contributed by atoms with Crippen LogP contribution in [0.25, 0.3) is 33.2 Å². The van der Waals surface area contributed by atoms with Gasteiger partial charge in [0.05, 0.1) is 22.1 Å². The van der Waals surface area contributed by atoms with Gasteiger partial charge in [0.25, 0.3) is 5.56 Å². The summed E-state index contributed by atoms with van der Waals surface area (Å²) in [5.74, 6) is 0.160. The third kappa shape index (κ3) is 3.27. The molecule has 32 heavy (non-hydrogen) atoms. The van der Waals surface area contributed by atoms with Gasteiger partial charge in [-0.2, -0.15) is 0 Å². The van der Waals surface area contributed by atoms with Crippen molar-refractivity contribution in [1.82, 2.24) is 34.4 Å². The second kappa shape index (κ2) is 7.52. The van der Waals surface area contributed by atoms with Crippen LogP contribution >= 0.6 is 0 Å². The van der Waals surface area contributed by atoms with E-state index in [1.54, 1.807) is 34.0 Å². The summed E-state index contributed by atoms with van der Waals surface area (Å²) in [6.07, 6.45) is 5.77. The number of aromatic amines is 1. The van der Waals surface area contributed by atoms with Crippen molar-refractivity contribution >= 4 is 33.8 Å². The molecule has 0 radical (unpaired) electrons. The number of carbonyl (C=O) groups excluding carboxylic acids is 1. The van der Waals surface area contributed by atoms with E-state index >= 15 is 0 Å². The van der Waals surface area contributed by atoms with E-state index in [1.165, 1.54) is 13.1 Å². The van der Waals surface area contributed by atoms with Crippen molar-refractivity contribution in [1.29, 1.82) is 0 Å². The van der Waals surface area contributed by atoms with Crippen LogP contribution in [-0.4, -0.2) is 53.4 Å². The minimum atomic E-state index is -0.514. The number of piperidine rings is 1. The molecule has 1 saturated heterocycles. The number of amides is 1. The molecule has 0 atom stereocenters. The molecule has 4 aromatic rings. The van der Waals surface area contributed by atoms with Crippen LogP contribution in [0.15, 0.2) is 40.3 Å². The van der Waals surface area contributed by atoms with E-state index in [1.807, 2.05) is 0 Å². The van der Waals surface area contributed by atoms with E-state index in [2.05, 4.69) is 19.9 Å². The summed E-state index contributed by atoms with van der Waals surface area (Å²) in [7, 11) is 0. The molecule has 5 heterocycles. The second-order valence-corrected chi connectivity index (χ2v) is 7.78. The topological polar surface area (TPSA) is 153 Å². The molecule has 162 valence electrons. The molecule has 0 saturated carbocycles. The third-order valence-corrected chi connectivity index (χ3v) is 5.85. The molecular weight excluding hydrogens is 412 g/mol. The molecule has 4 aromatic heterocycles. The van der Waals surface area contributed by atoms with Gasteiger partial charge in [-0.25, -0.2) is 19.7 Å². The number of rotatable bonds is 2. The van der Waals surface area contributed by atoms with Gasteiger partial charge in [0, 0.05) is 50.2 Å². The summed E-state index contributed by atoms with van der Waals surface area (Å²) in [6.45, 7) is 2.61. The van der Waals surface area contributed by atoms with E-state index in [4.69, 9.17) is 10.7 Å². The first kappa shape index (κ1) is 19.8. The lowest BCUT2D eigenvalue weighted by molar-refractivity contribution is -0.130. The molecule has 3 N–H and O–H groups in total. The highest BCUT2D eigenvalue weighted by Gasteiger charge is 2.26. The standard InChI is InChI=1S/C21H20N8O3/c1-11(30)28-6-4-13(5-7-28)29-18-14(19(31)27-21(29)32)10-23-16-3-2-15(26-17(16)18)12-8-24-20(22)25-9-12/h2-3,8-10,13H,4-7H2,1H3,(H2,22,24,25)(H,27,31,32). The normalized spacial score (nSPS) is 14.8. The molecule has 1 aliphatic heterocycles. The Morgan fingerprint density at radius 2 is 1.81 bits per heavy atom. The molecular formula is C21H20N8O3. The zero-order chi connectivity index (χ0) is 22.4. The maximum absolute atomic E-state index is 12.9. The number of pyridine rings is 2. The van der Waals surface area contributed by atoms with Crippen molar-refractivity contribution in [3.05, 3.63) is 51.6 Å². The lowest BCUT2D eigenvalue weighted by Crippen LogP contribution is -2.41. The summed E-state index contributed by atoms with van der Waals surface area (Å²) >= 11 is 0. The largest absolute Gasteiger partial charge is 0.368 e. The summed E-state index contributed by atoms with van der Waals surface area (Å²) in [4.78, 5) is 58.5. The number of hydrogen-bond acceptors (Lipinski definition) is 8. The number of likely N-dealkylation sites (tertiary alicyclic amines) is 1. The maximum atomic E-state index is 12.9. The predicted molar refractivity (Wildman–Crippen MR) is 118 cm³/mol. The van der Waals surface area contributed by atoms with Crippen LogP contribution in [0, 0.1) is 0 Å². The molecule has 0 aromatic carbocycles. The zero-order valence-electron chi connectivity index (χ0n) is 17.3. The van der Waals surface area contributed by atoms with Gasteiger partial charge >= 0.3 is 5.69 Å². The monoisotopic (exact) mass is 432 g/mol. The number of nitrogens with two attached hydrogens (primary N) is 1. The third-order valence-electron chi connectivity index (χ3n) is 5.85. The minimum Gasteiger partial charge on any atom is -0.368 e. The summed E-state index contributed by atoms with van der Waals surface area (Å²) < 4.78 is 1.59. The Bertz CT molecular complexity index is 1470. The first-order valence-electron chi connectivity index (χ1n) is 10.2. The molecule has 11 nitrogen and oxygen atoms in total. The van der Waals surface area contributed by atoms with Crippen molar-refractivity contribution in [2.75, 3.05) is 18.8 Å². The number of anilines is 1. The summed E-state index contributed by atoms with van der Waals surface area (Å²) in [6, 6.07) is 3.37. The van der Waals surface area contributed by atoms with E-state index in [-0.39, 0.29) is 23.3 Å². The number of nitrogens with one attached hydrogen (secondary N) is 1. The molecule has 0 spiro atoms. The Kier molecular flexibility index (Phi) is 4.65. The fraction of sp³-hybridized carbons (Fsp3) is 0.286. The number of hydrogen-bond donors (Lipinski definition) is 2. The highest BCUT2D eigenvalue weighted by Crippen LogP contribution is 2.28. The van der Waals surface area contributed by atoms with Crippen LogP contribution < -0.4 is 17.0 Å². The van der Waals surface area contributed by atoms with E-state index in [0.29, 0.717) is 53.7 Å².